The third kappa shape index (κ3) is 7.43. The lowest BCUT2D eigenvalue weighted by atomic mass is 10.1. The zero-order valence-corrected chi connectivity index (χ0v) is 16.0. The first-order valence-corrected chi connectivity index (χ1v) is 8.35. The Morgan fingerprint density at radius 2 is 1.70 bits per heavy atom. The fourth-order valence-electron chi connectivity index (χ4n) is 2.32. The molecule has 0 fully saturated rings. The number of methoxy groups -OCH3 is 4. The summed E-state index contributed by atoms with van der Waals surface area (Å²) in [6, 6.07) is 4.01. The molecule has 0 aliphatic rings. The molecule has 0 unspecified atom stereocenters. The first kappa shape index (κ1) is 22.1. The van der Waals surface area contributed by atoms with Gasteiger partial charge in [-0.1, -0.05) is 6.07 Å². The quantitative estimate of drug-likeness (QED) is 0.582. The fraction of sp³-hybridized carbons (Fsp3) is 0.500. The van der Waals surface area contributed by atoms with Crippen molar-refractivity contribution in [3.63, 3.8) is 0 Å². The highest BCUT2D eigenvalue weighted by Gasteiger charge is 2.22. The molecule has 0 aliphatic heterocycles. The van der Waals surface area contributed by atoms with Gasteiger partial charge in [0.2, 0.25) is 0 Å². The van der Waals surface area contributed by atoms with Gasteiger partial charge in [0, 0.05) is 13.0 Å². The number of hydrogen-bond acceptors (Lipinski definition) is 7. The van der Waals surface area contributed by atoms with Crippen LogP contribution in [-0.2, 0) is 25.5 Å². The smallest absolute Gasteiger partial charge is 0.328 e. The average Bonchev–Trinajstić information content (AvgIpc) is 2.69. The predicted molar refractivity (Wildman–Crippen MR) is 96.8 cm³/mol. The maximum absolute atomic E-state index is 12.0. The summed E-state index contributed by atoms with van der Waals surface area (Å²) in [6.07, 6.45) is 0.628. The number of nitrogens with one attached hydrogen (secondary N) is 2. The van der Waals surface area contributed by atoms with Gasteiger partial charge in [0.05, 0.1) is 28.4 Å². The molecule has 2 N–H and O–H groups in total. The highest BCUT2D eigenvalue weighted by atomic mass is 16.5. The van der Waals surface area contributed by atoms with Gasteiger partial charge in [-0.15, -0.1) is 0 Å². The van der Waals surface area contributed by atoms with E-state index >= 15 is 0 Å². The summed E-state index contributed by atoms with van der Waals surface area (Å²) in [5.74, 6) is 0.125. The van der Waals surface area contributed by atoms with Gasteiger partial charge in [0.15, 0.2) is 11.5 Å². The highest BCUT2D eigenvalue weighted by Crippen LogP contribution is 2.27. The van der Waals surface area contributed by atoms with E-state index in [4.69, 9.17) is 9.47 Å². The molecule has 0 spiro atoms. The number of esters is 2. The number of carbonyl (C=O) groups excluding carboxylic acids is 3. The van der Waals surface area contributed by atoms with E-state index in [1.165, 1.54) is 14.2 Å². The SMILES string of the molecule is COC(=O)CC[C@H](NC(=O)NCCc1ccc(OC)c(OC)c1)C(=O)OC. The third-order valence-corrected chi connectivity index (χ3v) is 3.80. The molecule has 0 saturated carbocycles. The molecule has 0 aromatic heterocycles. The molecule has 1 rings (SSSR count). The molecule has 9 heteroatoms. The van der Waals surface area contributed by atoms with Gasteiger partial charge in [-0.25, -0.2) is 9.59 Å². The second-order valence-electron chi connectivity index (χ2n) is 5.53. The largest absolute Gasteiger partial charge is 0.493 e. The van der Waals surface area contributed by atoms with Crippen LogP contribution in [0.2, 0.25) is 0 Å². The molecule has 1 aromatic rings. The van der Waals surface area contributed by atoms with Crippen LogP contribution in [-0.4, -0.2) is 59.0 Å². The van der Waals surface area contributed by atoms with E-state index in [2.05, 4.69) is 20.1 Å². The molecule has 1 aromatic carbocycles. The van der Waals surface area contributed by atoms with Crippen LogP contribution in [0.5, 0.6) is 11.5 Å². The van der Waals surface area contributed by atoms with Gasteiger partial charge < -0.3 is 29.6 Å². The molecule has 0 aliphatic carbocycles. The van der Waals surface area contributed by atoms with Crippen molar-refractivity contribution in [2.24, 2.45) is 0 Å². The minimum atomic E-state index is -0.935. The van der Waals surface area contributed by atoms with E-state index in [9.17, 15) is 14.4 Å². The summed E-state index contributed by atoms with van der Waals surface area (Å²) in [7, 11) is 5.57. The topological polar surface area (TPSA) is 112 Å². The normalized spacial score (nSPS) is 11.1. The Morgan fingerprint density at radius 3 is 2.30 bits per heavy atom. The van der Waals surface area contributed by atoms with E-state index in [0.29, 0.717) is 24.5 Å². The van der Waals surface area contributed by atoms with Crippen LogP contribution in [0.15, 0.2) is 18.2 Å². The summed E-state index contributed by atoms with van der Waals surface area (Å²) in [5, 5.41) is 5.16. The molecule has 1 atom stereocenters. The Bertz CT molecular complexity index is 649. The lowest BCUT2D eigenvalue weighted by molar-refractivity contribution is -0.144. The molecule has 150 valence electrons. The molecule has 9 nitrogen and oxygen atoms in total. The Morgan fingerprint density at radius 1 is 1.00 bits per heavy atom. The van der Waals surface area contributed by atoms with E-state index in [-0.39, 0.29) is 12.8 Å². The monoisotopic (exact) mass is 382 g/mol. The molecular formula is C18H26N2O7. The van der Waals surface area contributed by atoms with Crippen molar-refractivity contribution in [2.45, 2.75) is 25.3 Å². The Kier molecular flexibility index (Phi) is 9.49. The van der Waals surface area contributed by atoms with Crippen molar-refractivity contribution in [3.8, 4) is 11.5 Å². The minimum absolute atomic E-state index is 0.0117. The van der Waals surface area contributed by atoms with Crippen molar-refractivity contribution in [1.29, 1.82) is 0 Å². The molecule has 27 heavy (non-hydrogen) atoms. The van der Waals surface area contributed by atoms with E-state index in [1.54, 1.807) is 20.3 Å². The lowest BCUT2D eigenvalue weighted by Crippen LogP contribution is -2.47. The van der Waals surface area contributed by atoms with Gasteiger partial charge in [0.25, 0.3) is 0 Å². The molecule has 0 radical (unpaired) electrons. The molecule has 2 amide bonds. The van der Waals surface area contributed by atoms with Crippen molar-refractivity contribution in [1.82, 2.24) is 10.6 Å². The van der Waals surface area contributed by atoms with Crippen LogP contribution in [0.3, 0.4) is 0 Å². The van der Waals surface area contributed by atoms with Crippen LogP contribution in [0.4, 0.5) is 4.79 Å². The van der Waals surface area contributed by atoms with Crippen molar-refractivity contribution in [3.05, 3.63) is 23.8 Å². The molecule has 0 bridgehead atoms. The number of urea groups is 1. The number of carbonyl (C=O) groups is 3. The average molecular weight is 382 g/mol. The molecular weight excluding hydrogens is 356 g/mol. The fourth-order valence-corrected chi connectivity index (χ4v) is 2.32. The van der Waals surface area contributed by atoms with Crippen LogP contribution in [0.1, 0.15) is 18.4 Å². The summed E-state index contributed by atoms with van der Waals surface area (Å²) in [6.45, 7) is 0.339. The number of benzene rings is 1. The summed E-state index contributed by atoms with van der Waals surface area (Å²) in [5.41, 5.74) is 0.947. The summed E-state index contributed by atoms with van der Waals surface area (Å²) >= 11 is 0. The van der Waals surface area contributed by atoms with Crippen LogP contribution in [0.25, 0.3) is 0 Å². The molecule has 0 saturated heterocycles. The second kappa shape index (κ2) is 11.6. The number of ether oxygens (including phenoxy) is 4. The van der Waals surface area contributed by atoms with Crippen LogP contribution < -0.4 is 20.1 Å². The number of hydrogen-bond donors (Lipinski definition) is 2. The van der Waals surface area contributed by atoms with Crippen LogP contribution in [0, 0.1) is 0 Å². The number of amides is 2. The van der Waals surface area contributed by atoms with E-state index < -0.39 is 24.0 Å². The van der Waals surface area contributed by atoms with Gasteiger partial charge in [-0.2, -0.15) is 0 Å². The predicted octanol–water partition coefficient (Wildman–Crippen LogP) is 1.04. The Hall–Kier alpha value is -2.97. The maximum atomic E-state index is 12.0. The zero-order valence-electron chi connectivity index (χ0n) is 16.0. The van der Waals surface area contributed by atoms with E-state index in [1.807, 2.05) is 12.1 Å². The first-order chi connectivity index (χ1) is 12.9. The molecule has 0 heterocycles. The summed E-state index contributed by atoms with van der Waals surface area (Å²) in [4.78, 5) is 35.0. The Labute approximate surface area is 158 Å². The van der Waals surface area contributed by atoms with Gasteiger partial charge >= 0.3 is 18.0 Å². The standard InChI is InChI=1S/C18H26N2O7/c1-24-14-7-5-12(11-15(14)25-2)9-10-19-18(23)20-13(17(22)27-4)6-8-16(21)26-3/h5,7,11,13H,6,8-10H2,1-4H3,(H2,19,20,23)/t13-/m0/s1. The van der Waals surface area contributed by atoms with Gasteiger partial charge in [0.1, 0.15) is 6.04 Å². The van der Waals surface area contributed by atoms with E-state index in [0.717, 1.165) is 5.56 Å². The van der Waals surface area contributed by atoms with Crippen molar-refractivity contribution in [2.75, 3.05) is 35.0 Å². The van der Waals surface area contributed by atoms with Crippen molar-refractivity contribution >= 4 is 18.0 Å². The van der Waals surface area contributed by atoms with Gasteiger partial charge in [-0.05, 0) is 30.5 Å². The third-order valence-electron chi connectivity index (χ3n) is 3.80. The number of rotatable bonds is 10. The first-order valence-electron chi connectivity index (χ1n) is 8.35. The summed E-state index contributed by atoms with van der Waals surface area (Å²) < 4.78 is 19.6. The Balaban J connectivity index is 2.52. The second-order valence-corrected chi connectivity index (χ2v) is 5.53. The lowest BCUT2D eigenvalue weighted by Gasteiger charge is -2.16. The van der Waals surface area contributed by atoms with Crippen molar-refractivity contribution < 1.29 is 33.3 Å². The minimum Gasteiger partial charge on any atom is -0.493 e. The van der Waals surface area contributed by atoms with Gasteiger partial charge in [-0.3, -0.25) is 4.79 Å². The van der Waals surface area contributed by atoms with Crippen LogP contribution >= 0.6 is 0 Å². The zero-order chi connectivity index (χ0) is 20.2. The maximum Gasteiger partial charge on any atom is 0.328 e. The highest BCUT2D eigenvalue weighted by molar-refractivity contribution is 5.84.